The van der Waals surface area contributed by atoms with Crippen LogP contribution in [0.3, 0.4) is 0 Å². The Hall–Kier alpha value is -3.81. The lowest BCUT2D eigenvalue weighted by atomic mass is 9.65. The second-order valence-corrected chi connectivity index (χ2v) is 10.0. The lowest BCUT2D eigenvalue weighted by Crippen LogP contribution is -2.65. The molecule has 2 saturated heterocycles. The molecule has 2 aliphatic rings. The highest BCUT2D eigenvalue weighted by Crippen LogP contribution is 2.36. The van der Waals surface area contributed by atoms with Crippen molar-refractivity contribution in [2.45, 2.75) is 57.5 Å². The molecule has 2 aromatic rings. The van der Waals surface area contributed by atoms with Gasteiger partial charge in [-0.15, -0.1) is 0 Å². The normalized spacial score (nSPS) is 24.0. The van der Waals surface area contributed by atoms with E-state index < -0.39 is 60.8 Å². The summed E-state index contributed by atoms with van der Waals surface area (Å²) in [6.07, 6.45) is -3.50. The van der Waals surface area contributed by atoms with Crippen LogP contribution in [0, 0.1) is 5.92 Å². The number of aliphatic hydroxyl groups is 2. The van der Waals surface area contributed by atoms with Crippen molar-refractivity contribution in [2.24, 2.45) is 5.92 Å². The first-order chi connectivity index (χ1) is 18.5. The second kappa shape index (κ2) is 11.5. The smallest absolute Gasteiger partial charge is 0.607 e. The van der Waals surface area contributed by atoms with E-state index >= 15 is 0 Å². The summed E-state index contributed by atoms with van der Waals surface area (Å²) in [6.45, 7) is 2.34. The van der Waals surface area contributed by atoms with Gasteiger partial charge in [-0.3, -0.25) is 9.59 Å². The molecule has 208 valence electrons. The molecule has 2 fully saturated rings. The average molecular weight is 541 g/mol. The minimum Gasteiger partial charge on any atom is -0.607 e. The van der Waals surface area contributed by atoms with Gasteiger partial charge in [0.2, 0.25) is 18.1 Å². The van der Waals surface area contributed by atoms with Crippen molar-refractivity contribution < 1.29 is 43.0 Å². The fraction of sp³-hybridized carbons (Fsp3) is 0.423. The van der Waals surface area contributed by atoms with Gasteiger partial charge < -0.3 is 34.4 Å². The molecule has 39 heavy (non-hydrogen) atoms. The van der Waals surface area contributed by atoms with Gasteiger partial charge in [-0.2, -0.15) is 0 Å². The van der Waals surface area contributed by atoms with Crippen molar-refractivity contribution in [1.82, 2.24) is 15.6 Å². The maximum Gasteiger partial charge on any atom is 0.648 e. The summed E-state index contributed by atoms with van der Waals surface area (Å²) < 4.78 is 20.3. The SMILES string of the molecule is COC(=O)[C@@H]1O[B-]2([C@H](CC(C)C)NC(=O)[C@@H](NC(=O)c3cccc(-c4ccccc4)n3)[C@@H](C)O)OC(=O)[C@H]1[OH+]2. The number of rotatable bonds is 10. The van der Waals surface area contributed by atoms with Gasteiger partial charge in [-0.1, -0.05) is 50.2 Å². The van der Waals surface area contributed by atoms with Crippen LogP contribution in [0.5, 0.6) is 0 Å². The van der Waals surface area contributed by atoms with E-state index in [-0.39, 0.29) is 18.0 Å². The van der Waals surface area contributed by atoms with Crippen LogP contribution in [0.15, 0.2) is 48.5 Å². The number of esters is 1. The number of aliphatic hydroxyl groups excluding tert-OH is 1. The molecular weight excluding hydrogens is 509 g/mol. The molecule has 1 unspecified atom stereocenters. The molecule has 2 aliphatic heterocycles. The molecule has 0 saturated carbocycles. The summed E-state index contributed by atoms with van der Waals surface area (Å²) >= 11 is 0. The summed E-state index contributed by atoms with van der Waals surface area (Å²) in [5.74, 6) is -3.91. The van der Waals surface area contributed by atoms with Crippen molar-refractivity contribution in [3.05, 3.63) is 54.2 Å². The van der Waals surface area contributed by atoms with E-state index in [1.807, 2.05) is 44.2 Å². The van der Waals surface area contributed by atoms with Crippen LogP contribution >= 0.6 is 0 Å². The third kappa shape index (κ3) is 5.95. The zero-order valence-corrected chi connectivity index (χ0v) is 22.1. The maximum absolute atomic E-state index is 13.4. The Balaban J connectivity index is 1.52. The second-order valence-electron chi connectivity index (χ2n) is 10.0. The van der Waals surface area contributed by atoms with Gasteiger partial charge >= 0.3 is 18.7 Å². The quantitative estimate of drug-likeness (QED) is 0.217. The van der Waals surface area contributed by atoms with Gasteiger partial charge in [0.05, 0.1) is 24.8 Å². The molecular formula is C26H32BN3O9. The van der Waals surface area contributed by atoms with Crippen molar-refractivity contribution in [1.29, 1.82) is 0 Å². The lowest BCUT2D eigenvalue weighted by Gasteiger charge is -2.35. The molecule has 0 spiro atoms. The molecule has 13 heteroatoms. The van der Waals surface area contributed by atoms with E-state index in [4.69, 9.17) is 14.0 Å². The molecule has 0 aliphatic carbocycles. The van der Waals surface area contributed by atoms with Gasteiger partial charge in [0.15, 0.2) is 0 Å². The van der Waals surface area contributed by atoms with Gasteiger partial charge in [0, 0.05) is 5.56 Å². The molecule has 2 bridgehead atoms. The minimum absolute atomic E-state index is 0.00945. The summed E-state index contributed by atoms with van der Waals surface area (Å²) in [5.41, 5.74) is 1.43. The lowest BCUT2D eigenvalue weighted by molar-refractivity contribution is -0.161. The number of pyridine rings is 1. The molecule has 1 aromatic heterocycles. The number of fused-ring (bicyclic) bond motifs is 2. The highest BCUT2D eigenvalue weighted by Gasteiger charge is 2.70. The van der Waals surface area contributed by atoms with Gasteiger partial charge in [-0.05, 0) is 31.4 Å². The van der Waals surface area contributed by atoms with Gasteiger partial charge in [0.1, 0.15) is 11.7 Å². The number of benzene rings is 1. The Kier molecular flexibility index (Phi) is 8.33. The molecule has 3 heterocycles. The van der Waals surface area contributed by atoms with Crippen LogP contribution < -0.4 is 10.6 Å². The standard InChI is InChI=1S/C26H32BN3O9/c1-14(2)13-19(27-37-21(25(34)36-4)22(38-27)26(35)39-27)29-24(33)20(15(3)31)30-23(32)18-12-8-11-17(28-18)16-9-6-5-7-10-16/h5-12,14-15,19-22,31,38H,13H2,1-4H3,(H,29,33)(H,30,32)/t15-,19+,20+,21-,22+,27?/m1/s1. The Morgan fingerprint density at radius 1 is 1.10 bits per heavy atom. The Labute approximate surface area is 225 Å². The van der Waals surface area contributed by atoms with Crippen LogP contribution in [-0.2, 0) is 28.4 Å². The molecule has 6 atom stereocenters. The van der Waals surface area contributed by atoms with E-state index in [2.05, 4.69) is 20.3 Å². The van der Waals surface area contributed by atoms with Gasteiger partial charge in [0.25, 0.3) is 5.91 Å². The zero-order valence-electron chi connectivity index (χ0n) is 22.1. The molecule has 4 rings (SSSR count). The third-order valence-corrected chi connectivity index (χ3v) is 6.62. The van der Waals surface area contributed by atoms with Crippen LogP contribution in [0.4, 0.5) is 0 Å². The summed E-state index contributed by atoms with van der Waals surface area (Å²) in [5, 5.41) is 15.7. The Morgan fingerprint density at radius 2 is 1.82 bits per heavy atom. The predicted molar refractivity (Wildman–Crippen MR) is 139 cm³/mol. The van der Waals surface area contributed by atoms with Gasteiger partial charge in [-0.25, -0.2) is 14.6 Å². The number of amides is 2. The summed E-state index contributed by atoms with van der Waals surface area (Å²) in [6, 6.07) is 12.8. The first kappa shape index (κ1) is 28.2. The number of aromatic nitrogens is 1. The Morgan fingerprint density at radius 3 is 2.46 bits per heavy atom. The Bertz CT molecular complexity index is 1240. The molecule has 4 N–H and O–H groups in total. The van der Waals surface area contributed by atoms with E-state index in [1.165, 1.54) is 13.0 Å². The topological polar surface area (TPSA) is 166 Å². The van der Waals surface area contributed by atoms with E-state index in [1.54, 1.807) is 12.1 Å². The molecule has 12 nitrogen and oxygen atoms in total. The van der Waals surface area contributed by atoms with Crippen LogP contribution in [0.2, 0.25) is 0 Å². The minimum atomic E-state index is -2.77. The van der Waals surface area contributed by atoms with Crippen LogP contribution in [0.25, 0.3) is 11.3 Å². The largest absolute Gasteiger partial charge is 0.648 e. The number of nitrogens with one attached hydrogen (secondary N) is 2. The molecule has 2 amide bonds. The zero-order chi connectivity index (χ0) is 28.3. The number of carbonyl (C=O) groups excluding carboxylic acids is 4. The number of ether oxygens (including phenoxy) is 1. The number of methoxy groups -OCH3 is 1. The fourth-order valence-corrected chi connectivity index (χ4v) is 4.75. The first-order valence-electron chi connectivity index (χ1n) is 12.7. The monoisotopic (exact) mass is 541 g/mol. The number of nitrogens with zero attached hydrogens (tertiary/aromatic N) is 1. The molecule has 0 radical (unpaired) electrons. The van der Waals surface area contributed by atoms with E-state index in [0.29, 0.717) is 5.69 Å². The third-order valence-electron chi connectivity index (χ3n) is 6.62. The van der Waals surface area contributed by atoms with Crippen molar-refractivity contribution in [3.8, 4) is 11.3 Å². The van der Waals surface area contributed by atoms with Crippen LogP contribution in [0.1, 0.15) is 37.7 Å². The predicted octanol–water partition coefficient (Wildman–Crippen LogP) is 0.262. The fourth-order valence-electron chi connectivity index (χ4n) is 4.75. The van der Waals surface area contributed by atoms with Crippen molar-refractivity contribution in [3.63, 3.8) is 0 Å². The first-order valence-corrected chi connectivity index (χ1v) is 12.7. The highest BCUT2D eigenvalue weighted by molar-refractivity contribution is 6.66. The van der Waals surface area contributed by atoms with Crippen LogP contribution in [-0.4, -0.2) is 82.7 Å². The van der Waals surface area contributed by atoms with E-state index in [9.17, 15) is 24.3 Å². The summed E-state index contributed by atoms with van der Waals surface area (Å²) in [4.78, 5) is 55.4. The summed E-state index contributed by atoms with van der Waals surface area (Å²) in [7, 11) is 1.16. The van der Waals surface area contributed by atoms with Crippen molar-refractivity contribution >= 4 is 30.5 Å². The van der Waals surface area contributed by atoms with E-state index in [0.717, 1.165) is 12.7 Å². The number of hydrogen-bond acceptors (Lipinski definition) is 9. The highest BCUT2D eigenvalue weighted by atomic mass is 16.8. The number of hydrogen-bond donors (Lipinski definition) is 3. The average Bonchev–Trinajstić information content (AvgIpc) is 3.47. The van der Waals surface area contributed by atoms with Crippen molar-refractivity contribution in [2.75, 3.05) is 7.11 Å². The number of carbonyl (C=O) groups is 4. The molecule has 1 aromatic carbocycles. The maximum atomic E-state index is 13.4.